The van der Waals surface area contributed by atoms with E-state index in [1.54, 1.807) is 0 Å². The molecule has 40 heavy (non-hydrogen) atoms. The van der Waals surface area contributed by atoms with Gasteiger partial charge in [-0.05, 0) is 36.4 Å². The molecule has 0 fully saturated rings. The second kappa shape index (κ2) is 11.1. The third-order valence-electron chi connectivity index (χ3n) is 5.48. The van der Waals surface area contributed by atoms with Gasteiger partial charge in [0.25, 0.3) is 0 Å². The van der Waals surface area contributed by atoms with Crippen molar-refractivity contribution in [3.63, 3.8) is 0 Å². The van der Waals surface area contributed by atoms with Crippen LogP contribution in [0.1, 0.15) is 16.7 Å². The lowest BCUT2D eigenvalue weighted by Gasteiger charge is -2.29. The zero-order valence-corrected chi connectivity index (χ0v) is 19.7. The molecule has 0 aliphatic rings. The number of rotatable bonds is 8. The topological polar surface area (TPSA) is 32.7 Å². The van der Waals surface area contributed by atoms with Crippen LogP contribution >= 0.6 is 0 Å². The summed E-state index contributed by atoms with van der Waals surface area (Å²) in [5, 5.41) is 9.59. The van der Waals surface area contributed by atoms with E-state index in [0.717, 1.165) is 23.1 Å². The van der Waals surface area contributed by atoms with E-state index < -0.39 is 71.9 Å². The molecule has 0 saturated carbocycles. The van der Waals surface area contributed by atoms with Crippen molar-refractivity contribution in [2.24, 2.45) is 0 Å². The number of ether oxygens (including phenoxy) is 1. The van der Waals surface area contributed by atoms with E-state index in [4.69, 9.17) is 4.74 Å². The average Bonchev–Trinajstić information content (AvgIpc) is 2.83. The molecule has 3 rings (SSSR count). The molecule has 3 aromatic carbocycles. The Hall–Kier alpha value is -3.62. The van der Waals surface area contributed by atoms with Gasteiger partial charge in [0.1, 0.15) is 17.3 Å². The lowest BCUT2D eigenvalue weighted by molar-refractivity contribution is -0.289. The number of nitrogens with zero attached hydrogens (tertiary/aromatic N) is 1. The van der Waals surface area contributed by atoms with E-state index in [1.165, 1.54) is 18.2 Å². The third kappa shape index (κ3) is 7.31. The Bertz CT molecular complexity index is 1320. The first-order valence-electron chi connectivity index (χ1n) is 11.0. The predicted molar refractivity (Wildman–Crippen MR) is 117 cm³/mol. The molecule has 0 unspecified atom stereocenters. The van der Waals surface area contributed by atoms with Gasteiger partial charge in [0.05, 0.1) is 12.1 Å². The highest BCUT2D eigenvalue weighted by atomic mass is 19.4. The summed E-state index contributed by atoms with van der Waals surface area (Å²) >= 11 is 0. The quantitative estimate of drug-likeness (QED) is 0.268. The van der Waals surface area contributed by atoms with Crippen LogP contribution in [0.5, 0.6) is 11.5 Å². The average molecular weight is 591 g/mol. The molecule has 15 heteroatoms. The number of aliphatic hydroxyl groups excluding tert-OH is 1. The van der Waals surface area contributed by atoms with Crippen molar-refractivity contribution in [2.75, 3.05) is 11.4 Å². The minimum atomic E-state index is -5.90. The molecule has 0 bridgehead atoms. The fourth-order valence-electron chi connectivity index (χ4n) is 3.43. The number of aliphatic hydroxyl groups is 1. The molecule has 3 aromatic rings. The van der Waals surface area contributed by atoms with Crippen molar-refractivity contribution in [1.29, 1.82) is 0 Å². The summed E-state index contributed by atoms with van der Waals surface area (Å²) in [6.07, 6.45) is -18.9. The van der Waals surface area contributed by atoms with Gasteiger partial charge in [-0.3, -0.25) is 0 Å². The van der Waals surface area contributed by atoms with Gasteiger partial charge >= 0.3 is 24.5 Å². The van der Waals surface area contributed by atoms with Crippen LogP contribution in [-0.2, 0) is 18.6 Å². The Morgan fingerprint density at radius 2 is 1.32 bits per heavy atom. The zero-order valence-electron chi connectivity index (χ0n) is 19.7. The number of hydrogen-bond donors (Lipinski definition) is 1. The molecule has 0 aromatic heterocycles. The van der Waals surface area contributed by atoms with Crippen molar-refractivity contribution in [3.05, 3.63) is 89.2 Å². The maximum atomic E-state index is 14.4. The Kier molecular flexibility index (Phi) is 8.58. The Labute approximate surface area is 218 Å². The molecule has 0 aliphatic carbocycles. The van der Waals surface area contributed by atoms with Gasteiger partial charge in [-0.1, -0.05) is 24.3 Å². The highest BCUT2D eigenvalue weighted by Crippen LogP contribution is 2.45. The molecular formula is C25H17F12NO2. The summed E-state index contributed by atoms with van der Waals surface area (Å²) in [5.74, 6) is -7.36. The summed E-state index contributed by atoms with van der Waals surface area (Å²) in [4.78, 5) is 0.769. The molecule has 218 valence electrons. The number of alkyl halides is 11. The number of anilines is 1. The van der Waals surface area contributed by atoms with E-state index in [0.29, 0.717) is 24.3 Å². The lowest BCUT2D eigenvalue weighted by atomic mass is 10.1. The summed E-state index contributed by atoms with van der Waals surface area (Å²) < 4.78 is 163. The van der Waals surface area contributed by atoms with E-state index in [2.05, 4.69) is 0 Å². The maximum Gasteiger partial charge on any atom is 0.458 e. The van der Waals surface area contributed by atoms with Gasteiger partial charge in [-0.15, -0.1) is 0 Å². The molecule has 0 heterocycles. The predicted octanol–water partition coefficient (Wildman–Crippen LogP) is 8.22. The minimum Gasteiger partial charge on any atom is -0.457 e. The first-order chi connectivity index (χ1) is 18.3. The molecule has 3 nitrogen and oxygen atoms in total. The monoisotopic (exact) mass is 591 g/mol. The smallest absolute Gasteiger partial charge is 0.457 e. The molecule has 0 amide bonds. The normalized spacial score (nSPS) is 13.7. The van der Waals surface area contributed by atoms with Crippen LogP contribution in [-0.4, -0.2) is 30.1 Å². The van der Waals surface area contributed by atoms with Crippen LogP contribution in [0.2, 0.25) is 0 Å². The van der Waals surface area contributed by atoms with Gasteiger partial charge in [0.2, 0.25) is 0 Å². The SMILES string of the molecule is O[C@H](CN(Cc1ccc(C(F)(F)F)cc1F)c1cccc(Oc2cccc(C(F)(F)C(F)(F)F)c2)c1)C(F)(F)F. The van der Waals surface area contributed by atoms with E-state index in [-0.39, 0.29) is 17.5 Å². The third-order valence-corrected chi connectivity index (χ3v) is 5.48. The van der Waals surface area contributed by atoms with Crippen molar-refractivity contribution < 1.29 is 62.5 Å². The number of halogens is 12. The molecule has 1 atom stereocenters. The van der Waals surface area contributed by atoms with E-state index in [9.17, 15) is 57.8 Å². The molecular weight excluding hydrogens is 574 g/mol. The van der Waals surface area contributed by atoms with Crippen LogP contribution in [0.15, 0.2) is 66.7 Å². The second-order valence-electron chi connectivity index (χ2n) is 8.44. The fraction of sp³-hybridized carbons (Fsp3) is 0.280. The van der Waals surface area contributed by atoms with Crippen molar-refractivity contribution >= 4 is 5.69 Å². The van der Waals surface area contributed by atoms with E-state index >= 15 is 0 Å². The van der Waals surface area contributed by atoms with Gasteiger partial charge < -0.3 is 14.7 Å². The molecule has 0 aliphatic heterocycles. The highest BCUT2D eigenvalue weighted by molar-refractivity contribution is 5.52. The lowest BCUT2D eigenvalue weighted by Crippen LogP contribution is -2.41. The standard InChI is InChI=1S/C25H17F12NO2/c26-20-10-16(23(29,30)31)8-7-14(20)12-38(13-21(39)24(32,33)34)17-4-2-6-19(11-17)40-18-5-1-3-15(9-18)22(27,28)25(35,36)37/h1-11,21,39H,12-13H2/t21-/m1/s1. The van der Waals surface area contributed by atoms with Crippen LogP contribution < -0.4 is 9.64 Å². The van der Waals surface area contributed by atoms with Gasteiger partial charge in [-0.25, -0.2) is 4.39 Å². The first-order valence-corrected chi connectivity index (χ1v) is 11.0. The van der Waals surface area contributed by atoms with Crippen molar-refractivity contribution in [1.82, 2.24) is 0 Å². The van der Waals surface area contributed by atoms with Crippen LogP contribution in [0.3, 0.4) is 0 Å². The van der Waals surface area contributed by atoms with Gasteiger partial charge in [0.15, 0.2) is 6.10 Å². The Balaban J connectivity index is 1.94. The highest BCUT2D eigenvalue weighted by Gasteiger charge is 2.58. The summed E-state index contributed by atoms with van der Waals surface area (Å²) in [6.45, 7) is -1.96. The number of benzene rings is 3. The fourth-order valence-corrected chi connectivity index (χ4v) is 3.43. The van der Waals surface area contributed by atoms with Gasteiger partial charge in [-0.2, -0.15) is 48.3 Å². The largest absolute Gasteiger partial charge is 0.458 e. The summed E-state index contributed by atoms with van der Waals surface area (Å²) in [5.41, 5.74) is -3.43. The van der Waals surface area contributed by atoms with Crippen molar-refractivity contribution in [2.45, 2.75) is 37.1 Å². The first kappa shape index (κ1) is 30.9. The molecule has 0 radical (unpaired) electrons. The maximum absolute atomic E-state index is 14.4. The summed E-state index contributed by atoms with van der Waals surface area (Å²) in [6, 6.07) is 8.72. The van der Waals surface area contributed by atoms with Crippen LogP contribution in [0, 0.1) is 5.82 Å². The minimum absolute atomic E-state index is 0.150. The molecule has 0 spiro atoms. The Morgan fingerprint density at radius 1 is 0.725 bits per heavy atom. The summed E-state index contributed by atoms with van der Waals surface area (Å²) in [7, 11) is 0. The van der Waals surface area contributed by atoms with Crippen LogP contribution in [0.4, 0.5) is 58.4 Å². The van der Waals surface area contributed by atoms with Crippen molar-refractivity contribution in [3.8, 4) is 11.5 Å². The molecule has 0 saturated heterocycles. The second-order valence-corrected chi connectivity index (χ2v) is 8.44. The Morgan fingerprint density at radius 3 is 1.88 bits per heavy atom. The molecule has 1 N–H and O–H groups in total. The number of hydrogen-bond acceptors (Lipinski definition) is 3. The van der Waals surface area contributed by atoms with Crippen LogP contribution in [0.25, 0.3) is 0 Å². The zero-order chi connectivity index (χ0) is 30.1. The van der Waals surface area contributed by atoms with E-state index in [1.807, 2.05) is 0 Å². The van der Waals surface area contributed by atoms with Gasteiger partial charge in [0, 0.05) is 29.4 Å².